The number of carbonyl (C=O) groups excluding carboxylic acids is 1. The first-order chi connectivity index (χ1) is 16.1. The Morgan fingerprint density at radius 1 is 1.06 bits per heavy atom. The number of hydrogen-bond acceptors (Lipinski definition) is 4. The second-order valence-corrected chi connectivity index (χ2v) is 9.91. The highest BCUT2D eigenvalue weighted by Gasteiger charge is 2.45. The van der Waals surface area contributed by atoms with E-state index < -0.39 is 0 Å². The Morgan fingerprint density at radius 3 is 2.45 bits per heavy atom. The molecule has 0 radical (unpaired) electrons. The first-order valence-electron chi connectivity index (χ1n) is 12.4. The van der Waals surface area contributed by atoms with E-state index in [-0.39, 0.29) is 17.7 Å². The summed E-state index contributed by atoms with van der Waals surface area (Å²) in [4.78, 5) is 17.9. The average Bonchev–Trinajstić information content (AvgIpc) is 2.84. The smallest absolute Gasteiger partial charge is 0.251 e. The van der Waals surface area contributed by atoms with Crippen LogP contribution in [0.5, 0.6) is 5.75 Å². The maximum absolute atomic E-state index is 12.8. The molecular formula is C28H35N3O2. The molecule has 33 heavy (non-hydrogen) atoms. The van der Waals surface area contributed by atoms with Gasteiger partial charge in [0.25, 0.3) is 5.91 Å². The number of phenolic OH excluding ortho intramolecular Hbond substituents is 1. The Kier molecular flexibility index (Phi) is 6.52. The number of carbonyl (C=O) groups is 1. The molecule has 2 bridgehead atoms. The van der Waals surface area contributed by atoms with Crippen LogP contribution < -0.4 is 5.32 Å². The molecule has 3 heterocycles. The van der Waals surface area contributed by atoms with Crippen molar-refractivity contribution >= 4 is 5.91 Å². The normalized spacial score (nSPS) is 24.6. The van der Waals surface area contributed by atoms with Gasteiger partial charge in [-0.3, -0.25) is 14.6 Å². The summed E-state index contributed by atoms with van der Waals surface area (Å²) in [6.07, 6.45) is 9.11. The van der Waals surface area contributed by atoms with E-state index in [0.29, 0.717) is 18.1 Å². The van der Waals surface area contributed by atoms with E-state index >= 15 is 0 Å². The molecule has 1 aliphatic carbocycles. The summed E-state index contributed by atoms with van der Waals surface area (Å²) in [6, 6.07) is 17.2. The number of rotatable bonds is 7. The van der Waals surface area contributed by atoms with Gasteiger partial charge >= 0.3 is 0 Å². The Bertz CT molecular complexity index is 971. The van der Waals surface area contributed by atoms with Gasteiger partial charge < -0.3 is 10.4 Å². The van der Waals surface area contributed by atoms with Gasteiger partial charge in [0.2, 0.25) is 0 Å². The minimum Gasteiger partial charge on any atom is -0.508 e. The topological polar surface area (TPSA) is 55.8 Å². The summed E-state index contributed by atoms with van der Waals surface area (Å²) >= 11 is 0. The van der Waals surface area contributed by atoms with Gasteiger partial charge in [-0.25, -0.2) is 0 Å². The number of benzene rings is 2. The van der Waals surface area contributed by atoms with E-state index in [0.717, 1.165) is 49.2 Å². The van der Waals surface area contributed by atoms with Crippen molar-refractivity contribution in [1.82, 2.24) is 15.1 Å². The van der Waals surface area contributed by atoms with Gasteiger partial charge in [-0.1, -0.05) is 49.6 Å². The lowest BCUT2D eigenvalue weighted by atomic mass is 9.84. The van der Waals surface area contributed by atoms with E-state index in [1.54, 1.807) is 6.07 Å². The predicted octanol–water partition coefficient (Wildman–Crippen LogP) is 4.49. The third kappa shape index (κ3) is 4.71. The molecule has 6 rings (SSSR count). The van der Waals surface area contributed by atoms with E-state index in [1.807, 2.05) is 30.3 Å². The van der Waals surface area contributed by atoms with Crippen LogP contribution in [0.25, 0.3) is 0 Å². The molecule has 4 aliphatic rings. The first-order valence-corrected chi connectivity index (χ1v) is 12.4. The van der Waals surface area contributed by atoms with Crippen molar-refractivity contribution in [3.63, 3.8) is 0 Å². The van der Waals surface area contributed by atoms with Crippen LogP contribution in [0.2, 0.25) is 0 Å². The fraction of sp³-hybridized carbons (Fsp3) is 0.464. The standard InChI is InChI=1S/C28H35N3O2/c1-2-15-31-24-17-25(31)19-30(18-24)27(22-7-6-10-26(32)16-22)20-11-13-21(14-12-20)28(33)29-23-8-4-3-5-9-23/h2,6-7,10-14,16,23-25,27,32H,1,3-5,8-9,15,17-19H2,(H,29,33). The van der Waals surface area contributed by atoms with Crippen molar-refractivity contribution in [2.45, 2.75) is 62.7 Å². The minimum absolute atomic E-state index is 0.0293. The number of fused-ring (bicyclic) bond motifs is 2. The molecule has 5 nitrogen and oxygen atoms in total. The van der Waals surface area contributed by atoms with Crippen LogP contribution in [0, 0.1) is 0 Å². The summed E-state index contributed by atoms with van der Waals surface area (Å²) in [7, 11) is 0. The zero-order chi connectivity index (χ0) is 22.8. The summed E-state index contributed by atoms with van der Waals surface area (Å²) in [5.41, 5.74) is 2.97. The summed E-state index contributed by atoms with van der Waals surface area (Å²) in [5, 5.41) is 13.4. The highest BCUT2D eigenvalue weighted by molar-refractivity contribution is 5.94. The van der Waals surface area contributed by atoms with Crippen LogP contribution >= 0.6 is 0 Å². The average molecular weight is 446 g/mol. The molecule has 174 valence electrons. The van der Waals surface area contributed by atoms with Gasteiger partial charge in [0.05, 0.1) is 6.04 Å². The fourth-order valence-corrected chi connectivity index (χ4v) is 6.02. The zero-order valence-corrected chi connectivity index (χ0v) is 19.3. The summed E-state index contributed by atoms with van der Waals surface area (Å²) in [5.74, 6) is 0.318. The molecule has 3 saturated heterocycles. The van der Waals surface area contributed by atoms with Crippen LogP contribution in [0.15, 0.2) is 61.2 Å². The van der Waals surface area contributed by atoms with Gasteiger partial charge in [-0.15, -0.1) is 6.58 Å². The second kappa shape index (κ2) is 9.70. The van der Waals surface area contributed by atoms with Crippen molar-refractivity contribution in [1.29, 1.82) is 0 Å². The predicted molar refractivity (Wildman–Crippen MR) is 131 cm³/mol. The number of amides is 1. The molecule has 5 heteroatoms. The van der Waals surface area contributed by atoms with Crippen molar-refractivity contribution in [3.05, 3.63) is 77.9 Å². The van der Waals surface area contributed by atoms with Crippen molar-refractivity contribution in [2.75, 3.05) is 19.6 Å². The number of piperazine rings is 1. The van der Waals surface area contributed by atoms with Gasteiger partial charge in [0.1, 0.15) is 5.75 Å². The molecule has 1 saturated carbocycles. The van der Waals surface area contributed by atoms with Crippen LogP contribution in [0.3, 0.4) is 0 Å². The number of phenols is 1. The van der Waals surface area contributed by atoms with E-state index in [1.165, 1.54) is 25.7 Å². The molecule has 0 spiro atoms. The maximum Gasteiger partial charge on any atom is 0.251 e. The van der Waals surface area contributed by atoms with Crippen LogP contribution in [0.1, 0.15) is 66.1 Å². The number of piperidine rings is 1. The highest BCUT2D eigenvalue weighted by Crippen LogP contribution is 2.39. The Balaban J connectivity index is 1.35. The molecule has 3 unspecified atom stereocenters. The van der Waals surface area contributed by atoms with Gasteiger partial charge in [-0.05, 0) is 54.7 Å². The van der Waals surface area contributed by atoms with E-state index in [2.05, 4.69) is 39.9 Å². The zero-order valence-electron chi connectivity index (χ0n) is 19.3. The Labute approximate surface area is 197 Å². The molecule has 4 fully saturated rings. The Hall–Kier alpha value is -2.63. The van der Waals surface area contributed by atoms with Crippen LogP contribution in [0.4, 0.5) is 0 Å². The fourth-order valence-electron chi connectivity index (χ4n) is 6.02. The lowest BCUT2D eigenvalue weighted by molar-refractivity contribution is -0.0706. The summed E-state index contributed by atoms with van der Waals surface area (Å²) < 4.78 is 0. The maximum atomic E-state index is 12.8. The summed E-state index contributed by atoms with van der Waals surface area (Å²) in [6.45, 7) is 6.85. The van der Waals surface area contributed by atoms with Crippen molar-refractivity contribution < 1.29 is 9.90 Å². The van der Waals surface area contributed by atoms with Gasteiger partial charge in [0.15, 0.2) is 0 Å². The van der Waals surface area contributed by atoms with Crippen molar-refractivity contribution in [2.24, 2.45) is 0 Å². The number of aromatic hydroxyl groups is 1. The monoisotopic (exact) mass is 445 g/mol. The largest absolute Gasteiger partial charge is 0.508 e. The number of hydrogen-bond donors (Lipinski definition) is 2. The van der Waals surface area contributed by atoms with Crippen LogP contribution in [-0.4, -0.2) is 58.6 Å². The Morgan fingerprint density at radius 2 is 1.79 bits per heavy atom. The number of nitrogens with one attached hydrogen (secondary N) is 1. The van der Waals surface area contributed by atoms with Gasteiger partial charge in [0, 0.05) is 43.3 Å². The van der Waals surface area contributed by atoms with E-state index in [4.69, 9.17) is 0 Å². The molecule has 3 aliphatic heterocycles. The van der Waals surface area contributed by atoms with Crippen LogP contribution in [-0.2, 0) is 0 Å². The lowest BCUT2D eigenvalue weighted by Gasteiger charge is -2.57. The molecular weight excluding hydrogens is 410 g/mol. The second-order valence-electron chi connectivity index (χ2n) is 9.91. The van der Waals surface area contributed by atoms with E-state index in [9.17, 15) is 9.90 Å². The van der Waals surface area contributed by atoms with Crippen molar-refractivity contribution in [3.8, 4) is 5.75 Å². The minimum atomic E-state index is 0.0293. The quantitative estimate of drug-likeness (QED) is 0.617. The SMILES string of the molecule is C=CCN1C2CC1CN(C(c1ccc(C(=O)NC3CCCCC3)cc1)c1cccc(O)c1)C2. The molecule has 1 amide bonds. The molecule has 2 N–H and O–H groups in total. The molecule has 3 atom stereocenters. The molecule has 2 aromatic rings. The third-order valence-electron chi connectivity index (χ3n) is 7.69. The van der Waals surface area contributed by atoms with Gasteiger partial charge in [-0.2, -0.15) is 0 Å². The first kappa shape index (κ1) is 22.2. The highest BCUT2D eigenvalue weighted by atomic mass is 16.3. The molecule has 0 aromatic heterocycles. The molecule has 2 aromatic carbocycles. The third-order valence-corrected chi connectivity index (χ3v) is 7.69. The number of nitrogens with zero attached hydrogens (tertiary/aromatic N) is 2. The lowest BCUT2D eigenvalue weighted by Crippen LogP contribution is -2.68.